The molecule has 1 aliphatic heterocycles. The molecule has 2 aromatic carbocycles. The van der Waals surface area contributed by atoms with Gasteiger partial charge in [0.2, 0.25) is 10.0 Å². The molecule has 4 N–H and O–H groups in total. The molecule has 3 aromatic rings. The molecule has 12 heteroatoms. The molecule has 198 valence electrons. The van der Waals surface area contributed by atoms with Gasteiger partial charge in [0.25, 0.3) is 0 Å². The minimum absolute atomic E-state index is 0.0155. The number of ether oxygens (including phenoxy) is 1. The fraction of sp³-hybridized carbons (Fsp3) is 0.320. The summed E-state index contributed by atoms with van der Waals surface area (Å²) in [5, 5.41) is 9.04. The van der Waals surface area contributed by atoms with Crippen LogP contribution in [0, 0.1) is 11.6 Å². The molecule has 1 atom stereocenters. The molecule has 0 spiro atoms. The second kappa shape index (κ2) is 11.6. The maximum atomic E-state index is 14.1. The van der Waals surface area contributed by atoms with Crippen molar-refractivity contribution in [3.63, 3.8) is 0 Å². The van der Waals surface area contributed by atoms with E-state index in [1.807, 2.05) is 4.90 Å². The van der Waals surface area contributed by atoms with Gasteiger partial charge in [-0.3, -0.25) is 9.62 Å². The van der Waals surface area contributed by atoms with E-state index in [9.17, 15) is 22.3 Å². The molecule has 1 saturated heterocycles. The maximum absolute atomic E-state index is 14.1. The maximum Gasteiger partial charge on any atom is 0.233 e. The van der Waals surface area contributed by atoms with Crippen LogP contribution in [0.1, 0.15) is 18.4 Å². The molecule has 0 amide bonds. The van der Waals surface area contributed by atoms with Gasteiger partial charge in [0.1, 0.15) is 18.2 Å². The molecule has 0 aliphatic carbocycles. The third kappa shape index (κ3) is 6.67. The van der Waals surface area contributed by atoms with Crippen LogP contribution in [-0.4, -0.2) is 54.9 Å². The van der Waals surface area contributed by atoms with Gasteiger partial charge in [-0.1, -0.05) is 23.7 Å². The van der Waals surface area contributed by atoms with Crippen LogP contribution in [0.4, 0.5) is 20.3 Å². The van der Waals surface area contributed by atoms with Crippen molar-refractivity contribution >= 4 is 33.1 Å². The quantitative estimate of drug-likeness (QED) is 0.325. The van der Waals surface area contributed by atoms with E-state index in [1.54, 1.807) is 30.3 Å². The molecule has 0 unspecified atom stereocenters. The predicted octanol–water partition coefficient (Wildman–Crippen LogP) is 4.04. The number of sulfonamides is 1. The fourth-order valence-corrected chi connectivity index (χ4v) is 5.45. The van der Waals surface area contributed by atoms with Crippen molar-refractivity contribution < 1.29 is 27.0 Å². The smallest absolute Gasteiger partial charge is 0.233 e. The van der Waals surface area contributed by atoms with Gasteiger partial charge in [0.15, 0.2) is 11.6 Å². The number of rotatable bonds is 10. The van der Waals surface area contributed by atoms with Gasteiger partial charge in [-0.05, 0) is 55.3 Å². The van der Waals surface area contributed by atoms with E-state index in [4.69, 9.17) is 22.1 Å². The number of nitrogen functional groups attached to an aromatic ring is 1. The van der Waals surface area contributed by atoms with E-state index in [-0.39, 0.29) is 47.2 Å². The van der Waals surface area contributed by atoms with Gasteiger partial charge in [-0.2, -0.15) is 0 Å². The summed E-state index contributed by atoms with van der Waals surface area (Å²) in [6.45, 7) is 0.802. The Morgan fingerprint density at radius 2 is 1.89 bits per heavy atom. The number of nitrogens with two attached hydrogens (primary N) is 1. The number of pyridine rings is 1. The lowest BCUT2D eigenvalue weighted by molar-refractivity contribution is 0.165. The van der Waals surface area contributed by atoms with Crippen molar-refractivity contribution in [1.82, 2.24) is 9.88 Å². The number of nitrogens with zero attached hydrogens (tertiary/aromatic N) is 2. The predicted molar refractivity (Wildman–Crippen MR) is 139 cm³/mol. The molecule has 0 saturated carbocycles. The van der Waals surface area contributed by atoms with Crippen LogP contribution in [0.25, 0.3) is 11.1 Å². The van der Waals surface area contributed by atoms with Crippen LogP contribution in [0.2, 0.25) is 5.02 Å². The minimum Gasteiger partial charge on any atom is -0.485 e. The molecule has 8 nitrogen and oxygen atoms in total. The molecule has 1 fully saturated rings. The highest BCUT2D eigenvalue weighted by Crippen LogP contribution is 2.30. The number of aromatic nitrogens is 1. The summed E-state index contributed by atoms with van der Waals surface area (Å²) in [6.07, 6.45) is 3.33. The molecule has 37 heavy (non-hydrogen) atoms. The standard InChI is InChI=1S/C25H27ClF2N4O4S/c26-24-20(21(27)7-8-22(24)28)15-36-23-12-17(13-30-25(23)29)16-3-5-18(6-4-16)31-37(34,35)11-10-32-9-1-2-19(32)14-33/h3-8,12-13,19,31,33H,1-2,9-11,14-15H2,(H2,29,30)/t19-/m0/s1. The lowest BCUT2D eigenvalue weighted by Crippen LogP contribution is -2.36. The number of anilines is 2. The van der Waals surface area contributed by atoms with Crippen molar-refractivity contribution in [3.05, 3.63) is 70.9 Å². The first-order valence-corrected chi connectivity index (χ1v) is 13.7. The highest BCUT2D eigenvalue weighted by atomic mass is 35.5. The zero-order valence-electron chi connectivity index (χ0n) is 19.8. The summed E-state index contributed by atoms with van der Waals surface area (Å²) in [4.78, 5) is 6.10. The first-order chi connectivity index (χ1) is 17.7. The topological polar surface area (TPSA) is 118 Å². The molecule has 4 rings (SSSR count). The van der Waals surface area contributed by atoms with Crippen molar-refractivity contribution in [2.24, 2.45) is 0 Å². The second-order valence-corrected chi connectivity index (χ2v) is 11.0. The van der Waals surface area contributed by atoms with Gasteiger partial charge < -0.3 is 15.6 Å². The van der Waals surface area contributed by atoms with Crippen molar-refractivity contribution in [2.45, 2.75) is 25.5 Å². The average Bonchev–Trinajstić information content (AvgIpc) is 3.34. The Labute approximate surface area is 219 Å². The van der Waals surface area contributed by atoms with Crippen LogP contribution in [0.15, 0.2) is 48.7 Å². The number of hydrogen-bond acceptors (Lipinski definition) is 7. The Bertz CT molecular complexity index is 1360. The zero-order chi connectivity index (χ0) is 26.6. The minimum atomic E-state index is -3.58. The summed E-state index contributed by atoms with van der Waals surface area (Å²) in [5.41, 5.74) is 7.48. The number of hydrogen-bond donors (Lipinski definition) is 3. The average molecular weight is 553 g/mol. The van der Waals surface area contributed by atoms with Crippen LogP contribution in [-0.2, 0) is 16.6 Å². The number of aliphatic hydroxyl groups excluding tert-OH is 1. The number of nitrogens with one attached hydrogen (secondary N) is 1. The zero-order valence-corrected chi connectivity index (χ0v) is 21.4. The van der Waals surface area contributed by atoms with Gasteiger partial charge in [-0.15, -0.1) is 0 Å². The fourth-order valence-electron chi connectivity index (χ4n) is 4.17. The van der Waals surface area contributed by atoms with E-state index >= 15 is 0 Å². The summed E-state index contributed by atoms with van der Waals surface area (Å²) in [6, 6.07) is 10.2. The molecular weight excluding hydrogens is 526 g/mol. The first kappa shape index (κ1) is 27.1. The van der Waals surface area contributed by atoms with Gasteiger partial charge in [0.05, 0.1) is 17.4 Å². The van der Waals surface area contributed by atoms with E-state index in [0.717, 1.165) is 31.5 Å². The monoisotopic (exact) mass is 552 g/mol. The summed E-state index contributed by atoms with van der Waals surface area (Å²) in [7, 11) is -3.58. The number of aliphatic hydroxyl groups is 1. The van der Waals surface area contributed by atoms with E-state index in [0.29, 0.717) is 23.4 Å². The molecule has 2 heterocycles. The summed E-state index contributed by atoms with van der Waals surface area (Å²) >= 11 is 5.85. The Morgan fingerprint density at radius 3 is 2.62 bits per heavy atom. The lowest BCUT2D eigenvalue weighted by Gasteiger charge is -2.22. The first-order valence-electron chi connectivity index (χ1n) is 11.6. The van der Waals surface area contributed by atoms with Crippen LogP contribution >= 0.6 is 11.6 Å². The largest absolute Gasteiger partial charge is 0.485 e. The van der Waals surface area contributed by atoms with Crippen molar-refractivity contribution in [2.75, 3.05) is 35.9 Å². The number of benzene rings is 2. The van der Waals surface area contributed by atoms with E-state index in [2.05, 4.69) is 9.71 Å². The van der Waals surface area contributed by atoms with Gasteiger partial charge >= 0.3 is 0 Å². The Hall–Kier alpha value is -2.99. The lowest BCUT2D eigenvalue weighted by atomic mass is 10.1. The normalized spacial score (nSPS) is 16.2. The third-order valence-electron chi connectivity index (χ3n) is 6.24. The number of halogens is 3. The molecular formula is C25H27ClF2N4O4S. The highest BCUT2D eigenvalue weighted by molar-refractivity contribution is 7.92. The van der Waals surface area contributed by atoms with Crippen molar-refractivity contribution in [1.29, 1.82) is 0 Å². The molecule has 0 radical (unpaired) electrons. The Kier molecular flexibility index (Phi) is 8.48. The molecule has 1 aliphatic rings. The summed E-state index contributed by atoms with van der Waals surface area (Å²) < 4.78 is 61.0. The van der Waals surface area contributed by atoms with E-state index in [1.165, 1.54) is 6.20 Å². The highest BCUT2D eigenvalue weighted by Gasteiger charge is 2.25. The molecule has 1 aromatic heterocycles. The van der Waals surface area contributed by atoms with Crippen LogP contribution < -0.4 is 15.2 Å². The van der Waals surface area contributed by atoms with E-state index < -0.39 is 21.7 Å². The molecule has 0 bridgehead atoms. The SMILES string of the molecule is Nc1ncc(-c2ccc(NS(=O)(=O)CCN3CCC[C@H]3CO)cc2)cc1OCc1c(F)ccc(F)c1Cl. The van der Waals surface area contributed by atoms with Gasteiger partial charge in [0, 0.05) is 35.6 Å². The number of likely N-dealkylation sites (tertiary alicyclic amines) is 1. The Morgan fingerprint density at radius 1 is 1.16 bits per heavy atom. The summed E-state index contributed by atoms with van der Waals surface area (Å²) in [5.74, 6) is -1.33. The van der Waals surface area contributed by atoms with Crippen LogP contribution in [0.5, 0.6) is 5.75 Å². The van der Waals surface area contributed by atoms with Crippen molar-refractivity contribution in [3.8, 4) is 16.9 Å². The second-order valence-electron chi connectivity index (χ2n) is 8.73. The Balaban J connectivity index is 1.41. The van der Waals surface area contributed by atoms with Gasteiger partial charge in [-0.25, -0.2) is 22.2 Å². The van der Waals surface area contributed by atoms with Crippen LogP contribution in [0.3, 0.4) is 0 Å². The third-order valence-corrected chi connectivity index (χ3v) is 7.92.